The Labute approximate surface area is 117 Å². The maximum Gasteiger partial charge on any atom is 0.303 e. The van der Waals surface area contributed by atoms with Crippen molar-refractivity contribution in [3.05, 3.63) is 24.3 Å². The van der Waals surface area contributed by atoms with Gasteiger partial charge in [0.05, 0.1) is 10.6 Å². The standard InChI is InChI=1S/C11H15NO6S2/c1-19(15,16)10-5-2-4-9(8-10)12-20(17,18)7-3-6-11(13)14/h2,4-5,8,12H,3,6-7H2,1H3,(H,13,14). The highest BCUT2D eigenvalue weighted by Gasteiger charge is 2.13. The third kappa shape index (κ3) is 5.57. The van der Waals surface area contributed by atoms with Gasteiger partial charge >= 0.3 is 5.97 Å². The number of anilines is 1. The molecule has 0 radical (unpaired) electrons. The Bertz CT molecular complexity index is 693. The summed E-state index contributed by atoms with van der Waals surface area (Å²) in [5, 5.41) is 8.44. The van der Waals surface area contributed by atoms with Gasteiger partial charge in [-0.3, -0.25) is 9.52 Å². The molecular formula is C11H15NO6S2. The van der Waals surface area contributed by atoms with Crippen LogP contribution in [0.15, 0.2) is 29.2 Å². The number of carbonyl (C=O) groups is 1. The second kappa shape index (κ2) is 6.23. The number of carboxylic acids is 1. The van der Waals surface area contributed by atoms with Gasteiger partial charge in [-0.1, -0.05) is 6.07 Å². The lowest BCUT2D eigenvalue weighted by Gasteiger charge is -2.08. The van der Waals surface area contributed by atoms with Gasteiger partial charge in [-0.05, 0) is 24.6 Å². The molecule has 0 aliphatic rings. The van der Waals surface area contributed by atoms with Crippen LogP contribution in [-0.2, 0) is 24.7 Å². The molecule has 0 saturated carbocycles. The van der Waals surface area contributed by atoms with Gasteiger partial charge in [0.15, 0.2) is 9.84 Å². The van der Waals surface area contributed by atoms with Crippen LogP contribution in [0.25, 0.3) is 0 Å². The Kier molecular flexibility index (Phi) is 5.12. The number of aliphatic carboxylic acids is 1. The Morgan fingerprint density at radius 1 is 1.25 bits per heavy atom. The number of carboxylic acid groups (broad SMARTS) is 1. The van der Waals surface area contributed by atoms with Crippen LogP contribution in [0.1, 0.15) is 12.8 Å². The maximum absolute atomic E-state index is 11.7. The molecule has 0 aliphatic heterocycles. The van der Waals surface area contributed by atoms with E-state index in [0.29, 0.717) is 0 Å². The molecule has 1 aromatic carbocycles. The van der Waals surface area contributed by atoms with E-state index < -0.39 is 25.8 Å². The largest absolute Gasteiger partial charge is 0.481 e. The quantitative estimate of drug-likeness (QED) is 0.763. The minimum absolute atomic E-state index is 0.00300. The average Bonchev–Trinajstić information content (AvgIpc) is 2.26. The van der Waals surface area contributed by atoms with Crippen molar-refractivity contribution in [2.75, 3.05) is 16.7 Å². The van der Waals surface area contributed by atoms with E-state index >= 15 is 0 Å². The Morgan fingerprint density at radius 2 is 1.90 bits per heavy atom. The minimum atomic E-state index is -3.70. The topological polar surface area (TPSA) is 118 Å². The first-order valence-corrected chi connectivity index (χ1v) is 9.17. The number of benzene rings is 1. The summed E-state index contributed by atoms with van der Waals surface area (Å²) >= 11 is 0. The molecule has 0 aromatic heterocycles. The lowest BCUT2D eigenvalue weighted by molar-refractivity contribution is -0.137. The van der Waals surface area contributed by atoms with Crippen LogP contribution in [0, 0.1) is 0 Å². The summed E-state index contributed by atoms with van der Waals surface area (Å²) in [5.74, 6) is -1.41. The van der Waals surface area contributed by atoms with E-state index in [1.165, 1.54) is 24.3 Å². The summed E-state index contributed by atoms with van der Waals surface area (Å²) in [7, 11) is -7.12. The summed E-state index contributed by atoms with van der Waals surface area (Å²) < 4.78 is 48.3. The van der Waals surface area contributed by atoms with Crippen molar-refractivity contribution in [1.29, 1.82) is 0 Å². The molecule has 0 amide bonds. The highest BCUT2D eigenvalue weighted by molar-refractivity contribution is 7.92. The summed E-state index contributed by atoms with van der Waals surface area (Å²) in [6, 6.07) is 5.41. The van der Waals surface area contributed by atoms with Crippen molar-refractivity contribution >= 4 is 31.5 Å². The predicted octanol–water partition coefficient (Wildman–Crippen LogP) is 0.697. The molecule has 0 unspecified atom stereocenters. The van der Waals surface area contributed by atoms with Crippen LogP contribution in [-0.4, -0.2) is 39.9 Å². The Hall–Kier alpha value is -1.61. The zero-order chi connectivity index (χ0) is 15.4. The van der Waals surface area contributed by atoms with Gasteiger partial charge in [0.25, 0.3) is 0 Å². The monoisotopic (exact) mass is 321 g/mol. The molecule has 0 aliphatic carbocycles. The zero-order valence-corrected chi connectivity index (χ0v) is 12.4. The number of nitrogens with one attached hydrogen (secondary N) is 1. The number of rotatable bonds is 7. The first-order chi connectivity index (χ1) is 9.10. The summed E-state index contributed by atoms with van der Waals surface area (Å²) in [4.78, 5) is 10.3. The van der Waals surface area contributed by atoms with E-state index in [1.54, 1.807) is 0 Å². The Morgan fingerprint density at radius 3 is 2.45 bits per heavy atom. The molecule has 20 heavy (non-hydrogen) atoms. The van der Waals surface area contributed by atoms with Crippen LogP contribution < -0.4 is 4.72 Å². The van der Waals surface area contributed by atoms with E-state index in [0.717, 1.165) is 6.26 Å². The van der Waals surface area contributed by atoms with Crippen molar-refractivity contribution in [3.8, 4) is 0 Å². The van der Waals surface area contributed by atoms with Crippen LogP contribution in [0.3, 0.4) is 0 Å². The fourth-order valence-electron chi connectivity index (χ4n) is 1.43. The molecule has 2 N–H and O–H groups in total. The van der Waals surface area contributed by atoms with Gasteiger partial charge in [0, 0.05) is 18.4 Å². The van der Waals surface area contributed by atoms with Crippen LogP contribution in [0.5, 0.6) is 0 Å². The molecule has 0 bridgehead atoms. The normalized spacial score (nSPS) is 12.1. The first kappa shape index (κ1) is 16.4. The summed E-state index contributed by atoms with van der Waals surface area (Å²) in [6.07, 6.45) is 0.758. The SMILES string of the molecule is CS(=O)(=O)c1cccc(NS(=O)(=O)CCCC(=O)O)c1. The second-order valence-electron chi connectivity index (χ2n) is 4.22. The average molecular weight is 321 g/mol. The third-order valence-electron chi connectivity index (χ3n) is 2.34. The zero-order valence-electron chi connectivity index (χ0n) is 10.7. The van der Waals surface area contributed by atoms with Crippen LogP contribution in [0.4, 0.5) is 5.69 Å². The highest BCUT2D eigenvalue weighted by atomic mass is 32.2. The fourth-order valence-corrected chi connectivity index (χ4v) is 3.21. The lowest BCUT2D eigenvalue weighted by atomic mass is 10.3. The van der Waals surface area contributed by atoms with E-state index in [1.807, 2.05) is 0 Å². The molecular weight excluding hydrogens is 306 g/mol. The van der Waals surface area contributed by atoms with Crippen molar-refractivity contribution in [3.63, 3.8) is 0 Å². The smallest absolute Gasteiger partial charge is 0.303 e. The van der Waals surface area contributed by atoms with E-state index in [4.69, 9.17) is 5.11 Å². The molecule has 9 heteroatoms. The second-order valence-corrected chi connectivity index (χ2v) is 8.08. The Balaban J connectivity index is 2.80. The fraction of sp³-hybridized carbons (Fsp3) is 0.364. The number of hydrogen-bond donors (Lipinski definition) is 2. The molecule has 112 valence electrons. The van der Waals surface area contributed by atoms with Gasteiger partial charge < -0.3 is 5.11 Å². The molecule has 0 fully saturated rings. The molecule has 7 nitrogen and oxygen atoms in total. The molecule has 1 aromatic rings. The van der Waals surface area contributed by atoms with Gasteiger partial charge in [-0.2, -0.15) is 0 Å². The van der Waals surface area contributed by atoms with Crippen molar-refractivity contribution in [2.24, 2.45) is 0 Å². The highest BCUT2D eigenvalue weighted by Crippen LogP contribution is 2.16. The van der Waals surface area contributed by atoms with Gasteiger partial charge in [0.1, 0.15) is 0 Å². The van der Waals surface area contributed by atoms with Gasteiger partial charge in [-0.15, -0.1) is 0 Å². The lowest BCUT2D eigenvalue weighted by Crippen LogP contribution is -2.17. The maximum atomic E-state index is 11.7. The van der Waals surface area contributed by atoms with Crippen molar-refractivity contribution in [2.45, 2.75) is 17.7 Å². The minimum Gasteiger partial charge on any atom is -0.481 e. The number of hydrogen-bond acceptors (Lipinski definition) is 5. The van der Waals surface area contributed by atoms with Crippen LogP contribution in [0.2, 0.25) is 0 Å². The molecule has 0 saturated heterocycles. The molecule has 1 rings (SSSR count). The van der Waals surface area contributed by atoms with Crippen molar-refractivity contribution < 1.29 is 26.7 Å². The van der Waals surface area contributed by atoms with Gasteiger partial charge in [0.2, 0.25) is 10.0 Å². The molecule has 0 spiro atoms. The predicted molar refractivity (Wildman–Crippen MR) is 73.8 cm³/mol. The van der Waals surface area contributed by atoms with Crippen molar-refractivity contribution in [1.82, 2.24) is 0 Å². The third-order valence-corrected chi connectivity index (χ3v) is 4.82. The van der Waals surface area contributed by atoms with Crippen LogP contribution >= 0.6 is 0 Å². The number of sulfone groups is 1. The van der Waals surface area contributed by atoms with Gasteiger partial charge in [-0.25, -0.2) is 16.8 Å². The van der Waals surface area contributed by atoms with E-state index in [2.05, 4.69) is 4.72 Å². The number of sulfonamides is 1. The summed E-state index contributed by atoms with van der Waals surface area (Å²) in [6.45, 7) is 0. The first-order valence-electron chi connectivity index (χ1n) is 5.62. The van der Waals surface area contributed by atoms with E-state index in [9.17, 15) is 21.6 Å². The molecule has 0 heterocycles. The summed E-state index contributed by atoms with van der Waals surface area (Å²) in [5.41, 5.74) is 0.128. The molecule has 0 atom stereocenters. The van der Waals surface area contributed by atoms with E-state index in [-0.39, 0.29) is 29.2 Å².